The maximum Gasteiger partial charge on any atom is 0.246 e. The number of amides is 1. The Morgan fingerprint density at radius 1 is 1.24 bits per heavy atom. The second-order valence-electron chi connectivity index (χ2n) is 4.35. The second-order valence-corrected chi connectivity index (χ2v) is 6.33. The van der Waals surface area contributed by atoms with Gasteiger partial charge in [0.25, 0.3) is 0 Å². The number of carbonyl (C=O) groups excluding carboxylic acids is 1. The highest BCUT2D eigenvalue weighted by molar-refractivity contribution is 7.13. The highest BCUT2D eigenvalue weighted by Gasteiger charge is 2.10. The molecule has 3 aromatic heterocycles. The number of rotatable bonds is 6. The van der Waals surface area contributed by atoms with Crippen molar-refractivity contribution in [1.29, 1.82) is 0 Å². The molecule has 21 heavy (non-hydrogen) atoms. The van der Waals surface area contributed by atoms with Gasteiger partial charge in [-0.2, -0.15) is 4.98 Å². The fraction of sp³-hybridized carbons (Fsp3) is 0.214. The lowest BCUT2D eigenvalue weighted by atomic mass is 10.2. The van der Waals surface area contributed by atoms with E-state index in [1.54, 1.807) is 22.7 Å². The van der Waals surface area contributed by atoms with Gasteiger partial charge in [-0.05, 0) is 29.3 Å². The Bertz CT molecular complexity index is 690. The monoisotopic (exact) mass is 319 g/mol. The largest absolute Gasteiger partial charge is 0.347 e. The third-order valence-electron chi connectivity index (χ3n) is 2.82. The normalized spacial score (nSPS) is 10.7. The van der Waals surface area contributed by atoms with Crippen molar-refractivity contribution < 1.29 is 9.32 Å². The molecule has 0 fully saturated rings. The van der Waals surface area contributed by atoms with Crippen LogP contribution in [0.3, 0.4) is 0 Å². The second kappa shape index (κ2) is 6.64. The summed E-state index contributed by atoms with van der Waals surface area (Å²) in [4.78, 5) is 18.2. The van der Waals surface area contributed by atoms with Crippen LogP contribution in [0.2, 0.25) is 0 Å². The van der Waals surface area contributed by atoms with Crippen LogP contribution in [0, 0.1) is 0 Å². The summed E-state index contributed by atoms with van der Waals surface area (Å²) in [6.45, 7) is 0.266. The summed E-state index contributed by atoms with van der Waals surface area (Å²) in [6.07, 6.45) is 1.22. The molecular weight excluding hydrogens is 306 g/mol. The van der Waals surface area contributed by atoms with Gasteiger partial charge in [-0.25, -0.2) is 0 Å². The summed E-state index contributed by atoms with van der Waals surface area (Å²) in [5, 5.41) is 10.7. The van der Waals surface area contributed by atoms with Crippen molar-refractivity contribution in [3.63, 3.8) is 0 Å². The first-order chi connectivity index (χ1) is 10.3. The van der Waals surface area contributed by atoms with Crippen molar-refractivity contribution in [2.24, 2.45) is 0 Å². The molecule has 0 spiro atoms. The first kappa shape index (κ1) is 14.0. The highest BCUT2D eigenvalue weighted by Crippen LogP contribution is 2.21. The van der Waals surface area contributed by atoms with E-state index in [4.69, 9.17) is 4.52 Å². The molecular formula is C14H13N3O2S2. The smallest absolute Gasteiger partial charge is 0.246 e. The molecule has 0 bridgehead atoms. The maximum atomic E-state index is 11.8. The molecule has 3 aromatic rings. The van der Waals surface area contributed by atoms with E-state index in [0.29, 0.717) is 18.1 Å². The number of aryl methyl sites for hydroxylation is 1. The topological polar surface area (TPSA) is 68.0 Å². The molecule has 7 heteroatoms. The summed E-state index contributed by atoms with van der Waals surface area (Å²) in [5.41, 5.74) is 0. The number of hydrogen-bond acceptors (Lipinski definition) is 6. The number of hydrogen-bond donors (Lipinski definition) is 1. The van der Waals surface area contributed by atoms with Crippen molar-refractivity contribution in [3.8, 4) is 10.7 Å². The predicted octanol–water partition coefficient (Wildman–Crippen LogP) is 3.11. The molecule has 3 heterocycles. The van der Waals surface area contributed by atoms with Crippen LogP contribution in [-0.4, -0.2) is 16.0 Å². The number of aromatic nitrogens is 2. The Labute approximate surface area is 129 Å². The molecule has 0 radical (unpaired) electrons. The van der Waals surface area contributed by atoms with Gasteiger partial charge in [0, 0.05) is 11.3 Å². The van der Waals surface area contributed by atoms with E-state index >= 15 is 0 Å². The van der Waals surface area contributed by atoms with Gasteiger partial charge in [0.2, 0.25) is 17.6 Å². The Hall–Kier alpha value is -1.99. The number of carbonyl (C=O) groups is 1. The van der Waals surface area contributed by atoms with Crippen LogP contribution in [0.1, 0.15) is 17.2 Å². The van der Waals surface area contributed by atoms with E-state index in [1.807, 2.05) is 35.0 Å². The molecule has 0 aromatic carbocycles. The lowest BCUT2D eigenvalue weighted by Gasteiger charge is -2.00. The van der Waals surface area contributed by atoms with Crippen LogP contribution >= 0.6 is 22.7 Å². The van der Waals surface area contributed by atoms with E-state index in [0.717, 1.165) is 11.3 Å². The molecule has 108 valence electrons. The predicted molar refractivity (Wildman–Crippen MR) is 82.1 cm³/mol. The van der Waals surface area contributed by atoms with E-state index in [2.05, 4.69) is 15.5 Å². The Kier molecular flexibility index (Phi) is 4.42. The van der Waals surface area contributed by atoms with Crippen molar-refractivity contribution in [3.05, 3.63) is 45.8 Å². The quantitative estimate of drug-likeness (QED) is 0.758. The maximum absolute atomic E-state index is 11.8. The first-order valence-corrected chi connectivity index (χ1v) is 8.23. The Balaban J connectivity index is 1.47. The fourth-order valence-electron chi connectivity index (χ4n) is 1.79. The third kappa shape index (κ3) is 3.77. The van der Waals surface area contributed by atoms with Gasteiger partial charge >= 0.3 is 0 Å². The van der Waals surface area contributed by atoms with Gasteiger partial charge in [0.1, 0.15) is 0 Å². The Morgan fingerprint density at radius 2 is 2.10 bits per heavy atom. The molecule has 1 amide bonds. The standard InChI is InChI=1S/C14H13N3O2S2/c18-12(6-5-10-3-1-7-20-10)15-9-13-16-14(17-19-13)11-4-2-8-21-11/h1-4,7-8H,5-6,9H2,(H,15,18). The minimum absolute atomic E-state index is 0.0146. The van der Waals surface area contributed by atoms with Crippen molar-refractivity contribution in [2.45, 2.75) is 19.4 Å². The molecule has 0 atom stereocenters. The molecule has 0 aliphatic heterocycles. The minimum atomic E-state index is -0.0146. The lowest BCUT2D eigenvalue weighted by Crippen LogP contribution is -2.23. The van der Waals surface area contributed by atoms with Crippen molar-refractivity contribution in [2.75, 3.05) is 0 Å². The lowest BCUT2D eigenvalue weighted by molar-refractivity contribution is -0.121. The van der Waals surface area contributed by atoms with Crippen LogP contribution < -0.4 is 5.32 Å². The summed E-state index contributed by atoms with van der Waals surface area (Å²) >= 11 is 3.21. The molecule has 5 nitrogen and oxygen atoms in total. The average Bonchev–Trinajstić information content (AvgIpc) is 3.24. The van der Waals surface area contributed by atoms with Crippen molar-refractivity contribution in [1.82, 2.24) is 15.5 Å². The van der Waals surface area contributed by atoms with Gasteiger partial charge in [-0.1, -0.05) is 17.3 Å². The zero-order valence-electron chi connectivity index (χ0n) is 11.1. The van der Waals surface area contributed by atoms with E-state index < -0.39 is 0 Å². The van der Waals surface area contributed by atoms with Gasteiger partial charge in [-0.3, -0.25) is 4.79 Å². The number of nitrogens with zero attached hydrogens (tertiary/aromatic N) is 2. The Morgan fingerprint density at radius 3 is 2.86 bits per heavy atom. The van der Waals surface area contributed by atoms with Gasteiger partial charge < -0.3 is 9.84 Å². The summed E-state index contributed by atoms with van der Waals surface area (Å²) in [6, 6.07) is 7.88. The molecule has 0 unspecified atom stereocenters. The molecule has 0 aliphatic carbocycles. The molecule has 0 saturated heterocycles. The highest BCUT2D eigenvalue weighted by atomic mass is 32.1. The van der Waals surface area contributed by atoms with Crippen LogP contribution in [0.4, 0.5) is 0 Å². The first-order valence-electron chi connectivity index (χ1n) is 6.47. The van der Waals surface area contributed by atoms with Crippen LogP contribution in [0.25, 0.3) is 10.7 Å². The fourth-order valence-corrected chi connectivity index (χ4v) is 3.14. The average molecular weight is 319 g/mol. The van der Waals surface area contributed by atoms with E-state index in [1.165, 1.54) is 4.88 Å². The van der Waals surface area contributed by atoms with Gasteiger partial charge in [-0.15, -0.1) is 22.7 Å². The van der Waals surface area contributed by atoms with E-state index in [-0.39, 0.29) is 12.5 Å². The minimum Gasteiger partial charge on any atom is -0.347 e. The van der Waals surface area contributed by atoms with Gasteiger partial charge in [0.05, 0.1) is 11.4 Å². The zero-order chi connectivity index (χ0) is 14.5. The van der Waals surface area contributed by atoms with Gasteiger partial charge in [0.15, 0.2) is 0 Å². The molecule has 0 saturated carbocycles. The number of nitrogens with one attached hydrogen (secondary N) is 1. The van der Waals surface area contributed by atoms with Crippen LogP contribution in [-0.2, 0) is 17.8 Å². The molecule has 3 rings (SSSR count). The third-order valence-corrected chi connectivity index (χ3v) is 4.63. The molecule has 1 N–H and O–H groups in total. The summed E-state index contributed by atoms with van der Waals surface area (Å²) in [7, 11) is 0. The SMILES string of the molecule is O=C(CCc1cccs1)NCc1nc(-c2cccs2)no1. The van der Waals surface area contributed by atoms with Crippen LogP contribution in [0.5, 0.6) is 0 Å². The number of thiophene rings is 2. The zero-order valence-corrected chi connectivity index (χ0v) is 12.7. The van der Waals surface area contributed by atoms with Crippen LogP contribution in [0.15, 0.2) is 39.5 Å². The summed E-state index contributed by atoms with van der Waals surface area (Å²) in [5.74, 6) is 0.968. The summed E-state index contributed by atoms with van der Waals surface area (Å²) < 4.78 is 5.12. The van der Waals surface area contributed by atoms with E-state index in [9.17, 15) is 4.79 Å². The molecule has 0 aliphatic rings. The van der Waals surface area contributed by atoms with Crippen molar-refractivity contribution >= 4 is 28.6 Å².